The zero-order chi connectivity index (χ0) is 22.9. The summed E-state index contributed by atoms with van der Waals surface area (Å²) in [6, 6.07) is 5.63. The van der Waals surface area contributed by atoms with Crippen molar-refractivity contribution in [2.75, 3.05) is 14.2 Å². The minimum Gasteiger partial charge on any atom is -0.496 e. The van der Waals surface area contributed by atoms with Crippen LogP contribution in [0.2, 0.25) is 0 Å². The fraction of sp³-hybridized carbons (Fsp3) is 0.409. The molecule has 0 aliphatic carbocycles. The molecule has 1 N–H and O–H groups in total. The third kappa shape index (κ3) is 4.43. The molecule has 1 atom stereocenters. The van der Waals surface area contributed by atoms with Crippen LogP contribution in [0.25, 0.3) is 0 Å². The van der Waals surface area contributed by atoms with Gasteiger partial charge in [0, 0.05) is 30.3 Å². The second kappa shape index (κ2) is 8.63. The summed E-state index contributed by atoms with van der Waals surface area (Å²) in [5.74, 6) is -1.09. The van der Waals surface area contributed by atoms with Crippen LogP contribution < -0.4 is 4.74 Å². The van der Waals surface area contributed by atoms with Crippen molar-refractivity contribution in [2.24, 2.45) is 4.99 Å². The standard InChI is InChI=1S/C22H26F4N2O2/c1-13(2)28(5)12-27-19-11-20(30-6)18(9-15(19)4)21(29,22(24,25)26)17-10-16(23)8-7-14(17)3/h7-13,29H,1-6H3/b27-12+. The van der Waals surface area contributed by atoms with E-state index in [1.807, 2.05) is 25.8 Å². The zero-order valence-corrected chi connectivity index (χ0v) is 17.8. The van der Waals surface area contributed by atoms with Gasteiger partial charge in [0.25, 0.3) is 0 Å². The fourth-order valence-corrected chi connectivity index (χ4v) is 2.99. The summed E-state index contributed by atoms with van der Waals surface area (Å²) in [7, 11) is 3.03. The number of methoxy groups -OCH3 is 1. The van der Waals surface area contributed by atoms with Gasteiger partial charge in [-0.25, -0.2) is 9.38 Å². The van der Waals surface area contributed by atoms with Crippen LogP contribution in [0, 0.1) is 19.7 Å². The maximum Gasteiger partial charge on any atom is 0.425 e. The molecule has 0 aliphatic rings. The molecule has 0 aliphatic heterocycles. The van der Waals surface area contributed by atoms with Gasteiger partial charge in [0.1, 0.15) is 11.6 Å². The van der Waals surface area contributed by atoms with E-state index < -0.39 is 28.7 Å². The highest BCUT2D eigenvalue weighted by molar-refractivity contribution is 5.66. The van der Waals surface area contributed by atoms with Crippen molar-refractivity contribution in [3.05, 3.63) is 58.4 Å². The summed E-state index contributed by atoms with van der Waals surface area (Å²) in [5.41, 5.74) is -3.70. The van der Waals surface area contributed by atoms with Crippen molar-refractivity contribution in [1.82, 2.24) is 4.90 Å². The number of benzene rings is 2. The molecule has 4 nitrogen and oxygen atoms in total. The Morgan fingerprint density at radius 3 is 2.23 bits per heavy atom. The molecule has 2 rings (SSSR count). The number of nitrogens with zero attached hydrogens (tertiary/aromatic N) is 2. The molecule has 0 saturated carbocycles. The van der Waals surface area contributed by atoms with Crippen molar-refractivity contribution >= 4 is 12.0 Å². The number of rotatable bonds is 6. The smallest absolute Gasteiger partial charge is 0.425 e. The van der Waals surface area contributed by atoms with E-state index in [1.165, 1.54) is 32.2 Å². The Labute approximate surface area is 173 Å². The quantitative estimate of drug-likeness (QED) is 0.390. The van der Waals surface area contributed by atoms with Crippen LogP contribution in [0.1, 0.15) is 36.1 Å². The first-order valence-electron chi connectivity index (χ1n) is 9.33. The maximum atomic E-state index is 14.2. The van der Waals surface area contributed by atoms with Gasteiger partial charge in [0.05, 0.1) is 19.1 Å². The number of alkyl halides is 3. The Bertz CT molecular complexity index is 941. The molecular formula is C22H26F4N2O2. The van der Waals surface area contributed by atoms with E-state index in [-0.39, 0.29) is 17.4 Å². The van der Waals surface area contributed by atoms with Gasteiger partial charge < -0.3 is 14.7 Å². The van der Waals surface area contributed by atoms with E-state index in [0.717, 1.165) is 6.07 Å². The van der Waals surface area contributed by atoms with Gasteiger partial charge >= 0.3 is 6.18 Å². The minimum atomic E-state index is -5.13. The normalized spacial score (nSPS) is 14.3. The van der Waals surface area contributed by atoms with Gasteiger partial charge in [-0.15, -0.1) is 0 Å². The molecule has 0 saturated heterocycles. The number of hydrogen-bond donors (Lipinski definition) is 1. The highest BCUT2D eigenvalue weighted by Gasteiger charge is 2.58. The summed E-state index contributed by atoms with van der Waals surface area (Å²) < 4.78 is 61.6. The molecule has 0 amide bonds. The number of aliphatic hydroxyl groups is 1. The topological polar surface area (TPSA) is 45.1 Å². The van der Waals surface area contributed by atoms with Gasteiger partial charge in [0.15, 0.2) is 0 Å². The molecule has 0 aromatic heterocycles. The summed E-state index contributed by atoms with van der Waals surface area (Å²) in [6.45, 7) is 6.89. The molecule has 8 heteroatoms. The van der Waals surface area contributed by atoms with Gasteiger partial charge in [-0.2, -0.15) is 13.2 Å². The first kappa shape index (κ1) is 23.7. The highest BCUT2D eigenvalue weighted by atomic mass is 19.4. The van der Waals surface area contributed by atoms with Crippen molar-refractivity contribution in [3.63, 3.8) is 0 Å². The predicted molar refractivity (Wildman–Crippen MR) is 109 cm³/mol. The first-order chi connectivity index (χ1) is 13.8. The van der Waals surface area contributed by atoms with Crippen molar-refractivity contribution < 1.29 is 27.4 Å². The molecule has 1 unspecified atom stereocenters. The lowest BCUT2D eigenvalue weighted by molar-refractivity contribution is -0.249. The SMILES string of the molecule is COc1cc(/N=C/N(C)C(C)C)c(C)cc1C(O)(c1cc(F)ccc1C)C(F)(F)F. The van der Waals surface area contributed by atoms with Crippen LogP contribution >= 0.6 is 0 Å². The second-order valence-corrected chi connectivity index (χ2v) is 7.51. The Hall–Kier alpha value is -2.61. The second-order valence-electron chi connectivity index (χ2n) is 7.51. The number of aryl methyl sites for hydroxylation is 2. The van der Waals surface area contributed by atoms with Crippen LogP contribution in [-0.4, -0.2) is 42.7 Å². The number of hydrogen-bond acceptors (Lipinski definition) is 3. The third-order valence-electron chi connectivity index (χ3n) is 5.10. The fourth-order valence-electron chi connectivity index (χ4n) is 2.99. The molecule has 0 spiro atoms. The molecule has 30 heavy (non-hydrogen) atoms. The van der Waals surface area contributed by atoms with Crippen LogP contribution in [0.3, 0.4) is 0 Å². The predicted octanol–water partition coefficient (Wildman–Crippen LogP) is 5.25. The highest BCUT2D eigenvalue weighted by Crippen LogP contribution is 2.49. The number of halogens is 4. The van der Waals surface area contributed by atoms with E-state index in [0.29, 0.717) is 17.3 Å². The van der Waals surface area contributed by atoms with Crippen LogP contribution in [0.5, 0.6) is 5.75 Å². The zero-order valence-electron chi connectivity index (χ0n) is 17.8. The summed E-state index contributed by atoms with van der Waals surface area (Å²) in [4.78, 5) is 6.16. The largest absolute Gasteiger partial charge is 0.496 e. The van der Waals surface area contributed by atoms with E-state index in [9.17, 15) is 22.7 Å². The van der Waals surface area contributed by atoms with Crippen LogP contribution in [0.15, 0.2) is 35.3 Å². The minimum absolute atomic E-state index is 0.0941. The van der Waals surface area contributed by atoms with Gasteiger partial charge in [-0.05, 0) is 57.0 Å². The van der Waals surface area contributed by atoms with Crippen LogP contribution in [-0.2, 0) is 5.60 Å². The Kier molecular flexibility index (Phi) is 6.81. The van der Waals surface area contributed by atoms with E-state index in [1.54, 1.807) is 13.3 Å². The first-order valence-corrected chi connectivity index (χ1v) is 9.33. The maximum absolute atomic E-state index is 14.2. The van der Waals surface area contributed by atoms with Crippen LogP contribution in [0.4, 0.5) is 23.2 Å². The lowest BCUT2D eigenvalue weighted by atomic mass is 9.82. The molecule has 2 aromatic carbocycles. The molecular weight excluding hydrogens is 400 g/mol. The summed E-state index contributed by atoms with van der Waals surface area (Å²) >= 11 is 0. The number of ether oxygens (including phenoxy) is 1. The lowest BCUT2D eigenvalue weighted by Crippen LogP contribution is -2.44. The van der Waals surface area contributed by atoms with Gasteiger partial charge in [0.2, 0.25) is 5.60 Å². The molecule has 2 aromatic rings. The van der Waals surface area contributed by atoms with E-state index in [2.05, 4.69) is 4.99 Å². The van der Waals surface area contributed by atoms with E-state index in [4.69, 9.17) is 4.74 Å². The lowest BCUT2D eigenvalue weighted by Gasteiger charge is -2.34. The van der Waals surface area contributed by atoms with Crippen molar-refractivity contribution in [1.29, 1.82) is 0 Å². The third-order valence-corrected chi connectivity index (χ3v) is 5.10. The van der Waals surface area contributed by atoms with Gasteiger partial charge in [-0.3, -0.25) is 0 Å². The molecule has 0 heterocycles. The Morgan fingerprint density at radius 2 is 1.70 bits per heavy atom. The molecule has 0 fully saturated rings. The molecule has 164 valence electrons. The average molecular weight is 426 g/mol. The molecule has 0 bridgehead atoms. The van der Waals surface area contributed by atoms with Crippen molar-refractivity contribution in [2.45, 2.75) is 45.5 Å². The number of aliphatic imine (C=N–C) groups is 1. The monoisotopic (exact) mass is 426 g/mol. The Balaban J connectivity index is 2.74. The van der Waals surface area contributed by atoms with E-state index >= 15 is 0 Å². The average Bonchev–Trinajstić information content (AvgIpc) is 2.66. The molecule has 0 radical (unpaired) electrons. The summed E-state index contributed by atoms with van der Waals surface area (Å²) in [6.07, 6.45) is -3.56. The van der Waals surface area contributed by atoms with Crippen molar-refractivity contribution in [3.8, 4) is 5.75 Å². The van der Waals surface area contributed by atoms with Gasteiger partial charge in [-0.1, -0.05) is 6.07 Å². The summed E-state index contributed by atoms with van der Waals surface area (Å²) in [5, 5.41) is 11.0. The Morgan fingerprint density at radius 1 is 1.07 bits per heavy atom.